The molecule has 7 nitrogen and oxygen atoms in total. The molecule has 0 spiro atoms. The lowest BCUT2D eigenvalue weighted by molar-refractivity contribution is -0.116. The molecule has 0 fully saturated rings. The second-order valence-electron chi connectivity index (χ2n) is 5.72. The molecule has 0 aliphatic rings. The molecule has 8 heteroatoms. The Morgan fingerprint density at radius 2 is 2.00 bits per heavy atom. The predicted molar refractivity (Wildman–Crippen MR) is 99.8 cm³/mol. The van der Waals surface area contributed by atoms with Gasteiger partial charge in [0.1, 0.15) is 11.5 Å². The average Bonchev–Trinajstić information content (AvgIpc) is 2.90. The normalized spacial score (nSPS) is 10.7. The molecule has 0 radical (unpaired) electrons. The fraction of sp³-hybridized carbons (Fsp3) is 0.222. The number of benzene rings is 1. The summed E-state index contributed by atoms with van der Waals surface area (Å²) in [5.74, 6) is -0.954. The van der Waals surface area contributed by atoms with E-state index in [9.17, 15) is 14.4 Å². The molecule has 0 saturated heterocycles. The van der Waals surface area contributed by atoms with Gasteiger partial charge in [0.25, 0.3) is 5.56 Å². The molecular weight excluding hydrogens is 354 g/mol. The first-order chi connectivity index (χ1) is 12.4. The summed E-state index contributed by atoms with van der Waals surface area (Å²) in [4.78, 5) is 37.7. The van der Waals surface area contributed by atoms with Crippen LogP contribution >= 0.6 is 11.3 Å². The molecule has 0 aliphatic heterocycles. The molecule has 0 atom stereocenters. The average molecular weight is 371 g/mol. The number of methoxy groups -OCH3 is 1. The van der Waals surface area contributed by atoms with E-state index in [0.29, 0.717) is 21.3 Å². The summed E-state index contributed by atoms with van der Waals surface area (Å²) in [6.45, 7) is 3.40. The SMILES string of the molecule is COC(=O)c1c(NC(=O)Cn2ncc3ccccc3c2=O)sc(C)c1C. The Morgan fingerprint density at radius 1 is 1.27 bits per heavy atom. The van der Waals surface area contributed by atoms with Gasteiger partial charge >= 0.3 is 5.97 Å². The topological polar surface area (TPSA) is 90.3 Å². The minimum absolute atomic E-state index is 0.250. The number of carbonyl (C=O) groups excluding carboxylic acids is 2. The van der Waals surface area contributed by atoms with Crippen molar-refractivity contribution in [2.24, 2.45) is 0 Å². The second-order valence-corrected chi connectivity index (χ2v) is 6.95. The molecule has 1 amide bonds. The molecular formula is C18H17N3O4S. The molecule has 0 bridgehead atoms. The van der Waals surface area contributed by atoms with Crippen LogP contribution < -0.4 is 10.9 Å². The third-order valence-corrected chi connectivity index (χ3v) is 5.21. The summed E-state index contributed by atoms with van der Waals surface area (Å²) in [7, 11) is 1.29. The van der Waals surface area contributed by atoms with Crippen LogP contribution in [0.4, 0.5) is 5.00 Å². The molecule has 1 N–H and O–H groups in total. The van der Waals surface area contributed by atoms with Gasteiger partial charge in [-0.15, -0.1) is 11.3 Å². The number of aromatic nitrogens is 2. The molecule has 2 aromatic heterocycles. The lowest BCUT2D eigenvalue weighted by Gasteiger charge is -2.08. The summed E-state index contributed by atoms with van der Waals surface area (Å²) in [5, 5.41) is 8.35. The number of aryl methyl sites for hydroxylation is 1. The number of thiophene rings is 1. The number of ether oxygens (including phenoxy) is 1. The Morgan fingerprint density at radius 3 is 2.73 bits per heavy atom. The van der Waals surface area contributed by atoms with Gasteiger partial charge in [-0.05, 0) is 25.5 Å². The number of hydrogen-bond donors (Lipinski definition) is 1. The first-order valence-corrected chi connectivity index (χ1v) is 8.67. The summed E-state index contributed by atoms with van der Waals surface area (Å²) >= 11 is 1.29. The number of nitrogens with zero attached hydrogens (tertiary/aromatic N) is 2. The van der Waals surface area contributed by atoms with Gasteiger partial charge in [0.15, 0.2) is 0 Å². The fourth-order valence-electron chi connectivity index (χ4n) is 2.61. The van der Waals surface area contributed by atoms with Crippen LogP contribution in [0.5, 0.6) is 0 Å². The van der Waals surface area contributed by atoms with Gasteiger partial charge in [-0.1, -0.05) is 18.2 Å². The van der Waals surface area contributed by atoms with Gasteiger partial charge in [0.2, 0.25) is 5.91 Å². The number of fused-ring (bicyclic) bond motifs is 1. The standard InChI is InChI=1S/C18H17N3O4S/c1-10-11(2)26-16(15(10)18(24)25-3)20-14(22)9-21-17(23)13-7-5-4-6-12(13)8-19-21/h4-8H,9H2,1-3H3,(H,20,22). The van der Waals surface area contributed by atoms with Crippen molar-refractivity contribution in [3.05, 3.63) is 56.8 Å². The minimum atomic E-state index is -0.511. The number of hydrogen-bond acceptors (Lipinski definition) is 6. The number of carbonyl (C=O) groups is 2. The summed E-state index contributed by atoms with van der Waals surface area (Å²) in [6.07, 6.45) is 1.54. The molecule has 1 aromatic carbocycles. The Kier molecular flexibility index (Phi) is 4.85. The summed E-state index contributed by atoms with van der Waals surface area (Å²) in [5.41, 5.74) is 0.755. The van der Waals surface area contributed by atoms with Gasteiger partial charge in [-0.3, -0.25) is 9.59 Å². The van der Waals surface area contributed by atoms with E-state index in [1.165, 1.54) is 18.4 Å². The Balaban J connectivity index is 1.87. The maximum Gasteiger partial charge on any atom is 0.341 e. The van der Waals surface area contributed by atoms with E-state index in [1.807, 2.05) is 13.0 Å². The third kappa shape index (κ3) is 3.23. The maximum absolute atomic E-state index is 12.4. The van der Waals surface area contributed by atoms with E-state index >= 15 is 0 Å². The second kappa shape index (κ2) is 7.09. The molecule has 26 heavy (non-hydrogen) atoms. The zero-order valence-electron chi connectivity index (χ0n) is 14.5. The van der Waals surface area contributed by atoms with Gasteiger partial charge in [-0.2, -0.15) is 5.10 Å². The number of anilines is 1. The molecule has 0 unspecified atom stereocenters. The van der Waals surface area contributed by atoms with Crippen molar-refractivity contribution in [1.82, 2.24) is 9.78 Å². The zero-order valence-corrected chi connectivity index (χ0v) is 15.3. The molecule has 3 aromatic rings. The summed E-state index contributed by atoms with van der Waals surface area (Å²) < 4.78 is 5.89. The quantitative estimate of drug-likeness (QED) is 0.712. The molecule has 3 rings (SSSR count). The number of nitrogens with one attached hydrogen (secondary N) is 1. The van der Waals surface area contributed by atoms with Crippen LogP contribution in [0.1, 0.15) is 20.8 Å². The highest BCUT2D eigenvalue weighted by molar-refractivity contribution is 7.16. The van der Waals surface area contributed by atoms with E-state index < -0.39 is 11.9 Å². The lowest BCUT2D eigenvalue weighted by atomic mass is 10.1. The van der Waals surface area contributed by atoms with Crippen molar-refractivity contribution in [2.75, 3.05) is 12.4 Å². The van der Waals surface area contributed by atoms with Crippen molar-refractivity contribution in [1.29, 1.82) is 0 Å². The predicted octanol–water partition coefficient (Wildman–Crippen LogP) is 2.50. The third-order valence-electron chi connectivity index (χ3n) is 4.08. The molecule has 2 heterocycles. The number of amides is 1. The minimum Gasteiger partial charge on any atom is -0.465 e. The van der Waals surface area contributed by atoms with Crippen molar-refractivity contribution >= 4 is 39.0 Å². The van der Waals surface area contributed by atoms with Crippen LogP contribution in [0, 0.1) is 13.8 Å². The Labute approximate surface area is 153 Å². The van der Waals surface area contributed by atoms with Crippen LogP contribution in [0.15, 0.2) is 35.3 Å². The zero-order chi connectivity index (χ0) is 18.8. The smallest absolute Gasteiger partial charge is 0.341 e. The molecule has 134 valence electrons. The molecule has 0 aliphatic carbocycles. The van der Waals surface area contributed by atoms with E-state index in [1.54, 1.807) is 31.3 Å². The maximum atomic E-state index is 12.4. The Bertz CT molecular complexity index is 1070. The highest BCUT2D eigenvalue weighted by Gasteiger charge is 2.22. The number of rotatable bonds is 4. The van der Waals surface area contributed by atoms with Crippen molar-refractivity contribution < 1.29 is 14.3 Å². The van der Waals surface area contributed by atoms with E-state index in [-0.39, 0.29) is 12.1 Å². The van der Waals surface area contributed by atoms with Crippen molar-refractivity contribution in [3.8, 4) is 0 Å². The van der Waals surface area contributed by atoms with Crippen molar-refractivity contribution in [2.45, 2.75) is 20.4 Å². The first-order valence-electron chi connectivity index (χ1n) is 7.85. The van der Waals surface area contributed by atoms with Gasteiger partial charge < -0.3 is 10.1 Å². The van der Waals surface area contributed by atoms with Crippen LogP contribution in [0.3, 0.4) is 0 Å². The van der Waals surface area contributed by atoms with Crippen molar-refractivity contribution in [3.63, 3.8) is 0 Å². The van der Waals surface area contributed by atoms with E-state index in [0.717, 1.165) is 15.1 Å². The summed E-state index contributed by atoms with van der Waals surface area (Å²) in [6, 6.07) is 7.05. The largest absolute Gasteiger partial charge is 0.465 e. The van der Waals surface area contributed by atoms with Crippen LogP contribution in [-0.4, -0.2) is 28.8 Å². The van der Waals surface area contributed by atoms with Crippen LogP contribution in [-0.2, 0) is 16.1 Å². The fourth-order valence-corrected chi connectivity index (χ4v) is 3.67. The van der Waals surface area contributed by atoms with Gasteiger partial charge in [-0.25, -0.2) is 9.48 Å². The first kappa shape index (κ1) is 17.8. The van der Waals surface area contributed by atoms with Crippen LogP contribution in [0.25, 0.3) is 10.8 Å². The highest BCUT2D eigenvalue weighted by Crippen LogP contribution is 2.32. The molecule has 0 saturated carbocycles. The Hall–Kier alpha value is -3.00. The van der Waals surface area contributed by atoms with Gasteiger partial charge in [0, 0.05) is 10.3 Å². The van der Waals surface area contributed by atoms with E-state index in [2.05, 4.69) is 10.4 Å². The lowest BCUT2D eigenvalue weighted by Crippen LogP contribution is -2.29. The van der Waals surface area contributed by atoms with Gasteiger partial charge in [0.05, 0.1) is 24.3 Å². The van der Waals surface area contributed by atoms with E-state index in [4.69, 9.17) is 4.74 Å². The highest BCUT2D eigenvalue weighted by atomic mass is 32.1. The van der Waals surface area contributed by atoms with Crippen LogP contribution in [0.2, 0.25) is 0 Å². The monoisotopic (exact) mass is 371 g/mol. The number of esters is 1.